The molecule has 1 aromatic rings. The highest BCUT2D eigenvalue weighted by Gasteiger charge is 2.51. The van der Waals surface area contributed by atoms with Gasteiger partial charge in [0.15, 0.2) is 0 Å². The van der Waals surface area contributed by atoms with Gasteiger partial charge in [0, 0.05) is 50.4 Å². The molecule has 0 unspecified atom stereocenters. The van der Waals surface area contributed by atoms with Crippen molar-refractivity contribution in [2.24, 2.45) is 17.8 Å². The van der Waals surface area contributed by atoms with E-state index in [1.807, 2.05) is 23.1 Å². The smallest absolute Gasteiger partial charge is 0.315 e. The van der Waals surface area contributed by atoms with Crippen LogP contribution in [0, 0.1) is 17.8 Å². The van der Waals surface area contributed by atoms with Crippen molar-refractivity contribution in [3.05, 3.63) is 30.3 Å². The third kappa shape index (κ3) is 4.14. The molecule has 0 aromatic heterocycles. The van der Waals surface area contributed by atoms with Crippen LogP contribution in [-0.2, 0) is 4.79 Å². The molecule has 162 valence electrons. The van der Waals surface area contributed by atoms with Crippen LogP contribution in [0.3, 0.4) is 0 Å². The van der Waals surface area contributed by atoms with Crippen molar-refractivity contribution in [3.63, 3.8) is 0 Å². The van der Waals surface area contributed by atoms with Crippen LogP contribution >= 0.6 is 0 Å². The van der Waals surface area contributed by atoms with E-state index in [1.165, 1.54) is 24.9 Å². The second kappa shape index (κ2) is 8.12. The van der Waals surface area contributed by atoms with E-state index >= 15 is 0 Å². The van der Waals surface area contributed by atoms with Gasteiger partial charge in [-0.2, -0.15) is 0 Å². The van der Waals surface area contributed by atoms with Gasteiger partial charge in [0.05, 0.1) is 0 Å². The second-order valence-electron chi connectivity index (χ2n) is 10.0. The number of para-hydroxylation sites is 1. The molecule has 0 atom stereocenters. The summed E-state index contributed by atoms with van der Waals surface area (Å²) in [4.78, 5) is 29.3. The van der Waals surface area contributed by atoms with E-state index in [0.29, 0.717) is 13.0 Å². The fraction of sp³-hybridized carbons (Fsp3) is 0.667. The predicted octanol–water partition coefficient (Wildman–Crippen LogP) is 2.99. The number of piperazine rings is 1. The molecule has 30 heavy (non-hydrogen) atoms. The van der Waals surface area contributed by atoms with E-state index < -0.39 is 0 Å². The zero-order chi connectivity index (χ0) is 20.6. The quantitative estimate of drug-likeness (QED) is 0.784. The maximum atomic E-state index is 12.6. The SMILES string of the molecule is O=C(NCCC(=O)N1CCN(c2ccccc2)CC1)NC12CC3CC(CC(C3)C1)C2. The zero-order valence-corrected chi connectivity index (χ0v) is 17.8. The molecule has 1 saturated heterocycles. The van der Waals surface area contributed by atoms with Gasteiger partial charge in [-0.3, -0.25) is 4.79 Å². The minimum absolute atomic E-state index is 0.0244. The first-order valence-corrected chi connectivity index (χ1v) is 11.7. The summed E-state index contributed by atoms with van der Waals surface area (Å²) in [5.74, 6) is 2.57. The molecule has 2 N–H and O–H groups in total. The average molecular weight is 411 g/mol. The predicted molar refractivity (Wildman–Crippen MR) is 117 cm³/mol. The summed E-state index contributed by atoms with van der Waals surface area (Å²) < 4.78 is 0. The second-order valence-corrected chi connectivity index (χ2v) is 10.0. The molecule has 3 amide bonds. The van der Waals surface area contributed by atoms with Gasteiger partial charge in [-0.25, -0.2) is 4.79 Å². The maximum absolute atomic E-state index is 12.6. The number of hydrogen-bond donors (Lipinski definition) is 2. The van der Waals surface area contributed by atoms with Crippen LogP contribution in [0.5, 0.6) is 0 Å². The molecule has 6 nitrogen and oxygen atoms in total. The van der Waals surface area contributed by atoms with Crippen LogP contribution in [0.25, 0.3) is 0 Å². The molecule has 1 aromatic carbocycles. The van der Waals surface area contributed by atoms with Crippen LogP contribution in [0.2, 0.25) is 0 Å². The lowest BCUT2D eigenvalue weighted by molar-refractivity contribution is -0.131. The van der Waals surface area contributed by atoms with Crippen LogP contribution in [0.15, 0.2) is 30.3 Å². The van der Waals surface area contributed by atoms with Crippen molar-refractivity contribution in [2.45, 2.75) is 50.5 Å². The largest absolute Gasteiger partial charge is 0.368 e. The number of urea groups is 1. The lowest BCUT2D eigenvalue weighted by Crippen LogP contribution is -2.61. The van der Waals surface area contributed by atoms with E-state index in [2.05, 4.69) is 27.7 Å². The lowest BCUT2D eigenvalue weighted by Gasteiger charge is -2.56. The number of nitrogens with zero attached hydrogens (tertiary/aromatic N) is 2. The van der Waals surface area contributed by atoms with E-state index in [9.17, 15) is 9.59 Å². The zero-order valence-electron chi connectivity index (χ0n) is 17.8. The highest BCUT2D eigenvalue weighted by molar-refractivity contribution is 5.79. The van der Waals surface area contributed by atoms with Crippen molar-refractivity contribution < 1.29 is 9.59 Å². The summed E-state index contributed by atoms with van der Waals surface area (Å²) in [6.45, 7) is 3.61. The normalized spacial score (nSPS) is 32.2. The molecule has 1 aliphatic heterocycles. The standard InChI is InChI=1S/C24H34N4O2/c29-22(28-10-8-27(9-11-28)21-4-2-1-3-5-21)6-7-25-23(30)26-24-15-18-12-19(16-24)14-20(13-18)17-24/h1-5,18-20H,6-17H2,(H2,25,26,30). The number of nitrogens with one attached hydrogen (secondary N) is 2. The van der Waals surface area contributed by atoms with E-state index in [4.69, 9.17) is 0 Å². The Labute approximate surface area is 179 Å². The number of rotatable bonds is 5. The summed E-state index contributed by atoms with van der Waals surface area (Å²) in [6, 6.07) is 10.3. The van der Waals surface area contributed by atoms with Gasteiger partial charge >= 0.3 is 6.03 Å². The summed E-state index contributed by atoms with van der Waals surface area (Å²) in [5, 5.41) is 6.27. The van der Waals surface area contributed by atoms with E-state index in [1.54, 1.807) is 0 Å². The highest BCUT2D eigenvalue weighted by atomic mass is 16.2. The molecule has 0 radical (unpaired) electrons. The first kappa shape index (κ1) is 19.7. The van der Waals surface area contributed by atoms with Crippen LogP contribution in [0.4, 0.5) is 10.5 Å². The Morgan fingerprint density at radius 3 is 2.10 bits per heavy atom. The van der Waals surface area contributed by atoms with E-state index in [0.717, 1.165) is 63.2 Å². The maximum Gasteiger partial charge on any atom is 0.315 e. The molecular weight excluding hydrogens is 376 g/mol. The fourth-order valence-electron chi connectivity index (χ4n) is 6.84. The summed E-state index contributed by atoms with van der Waals surface area (Å²) >= 11 is 0. The van der Waals surface area contributed by atoms with Crippen LogP contribution < -0.4 is 15.5 Å². The molecule has 4 saturated carbocycles. The topological polar surface area (TPSA) is 64.7 Å². The van der Waals surface area contributed by atoms with Gasteiger partial charge in [-0.15, -0.1) is 0 Å². The number of hydrogen-bond acceptors (Lipinski definition) is 3. The van der Waals surface area contributed by atoms with Gasteiger partial charge in [-0.1, -0.05) is 18.2 Å². The Balaban J connectivity index is 1.04. The number of carbonyl (C=O) groups excluding carboxylic acids is 2. The molecule has 5 fully saturated rings. The molecule has 4 bridgehead atoms. The van der Waals surface area contributed by atoms with Crippen LogP contribution in [0.1, 0.15) is 44.9 Å². The van der Waals surface area contributed by atoms with Crippen molar-refractivity contribution in [3.8, 4) is 0 Å². The summed E-state index contributed by atoms with van der Waals surface area (Å²) in [7, 11) is 0. The van der Waals surface area contributed by atoms with Crippen LogP contribution in [-0.4, -0.2) is 55.1 Å². The minimum atomic E-state index is -0.0846. The lowest BCUT2D eigenvalue weighted by atomic mass is 9.53. The Hall–Kier alpha value is -2.24. The minimum Gasteiger partial charge on any atom is -0.368 e. The number of anilines is 1. The molecule has 1 heterocycles. The Bertz CT molecular complexity index is 737. The highest BCUT2D eigenvalue weighted by Crippen LogP contribution is 2.55. The van der Waals surface area contributed by atoms with Gasteiger partial charge in [0.1, 0.15) is 0 Å². The molecular formula is C24H34N4O2. The van der Waals surface area contributed by atoms with Gasteiger partial charge in [0.25, 0.3) is 0 Å². The summed E-state index contributed by atoms with van der Waals surface area (Å²) in [5.41, 5.74) is 1.24. The van der Waals surface area contributed by atoms with Gasteiger partial charge < -0.3 is 20.4 Å². The van der Waals surface area contributed by atoms with E-state index in [-0.39, 0.29) is 17.5 Å². The number of benzene rings is 1. The molecule has 5 aliphatic rings. The van der Waals surface area contributed by atoms with Crippen molar-refractivity contribution >= 4 is 17.6 Å². The van der Waals surface area contributed by atoms with Gasteiger partial charge in [0.2, 0.25) is 5.91 Å². The molecule has 6 heteroatoms. The van der Waals surface area contributed by atoms with Crippen molar-refractivity contribution in [1.82, 2.24) is 15.5 Å². The van der Waals surface area contributed by atoms with Crippen molar-refractivity contribution in [1.29, 1.82) is 0 Å². The average Bonchev–Trinajstić information content (AvgIpc) is 2.73. The van der Waals surface area contributed by atoms with Gasteiger partial charge in [-0.05, 0) is 68.4 Å². The Morgan fingerprint density at radius 2 is 1.50 bits per heavy atom. The molecule has 6 rings (SSSR count). The fourth-order valence-corrected chi connectivity index (χ4v) is 6.84. The molecule has 0 spiro atoms. The number of amides is 3. The summed E-state index contributed by atoms with van der Waals surface area (Å²) in [6.07, 6.45) is 7.93. The molecule has 4 aliphatic carbocycles. The van der Waals surface area contributed by atoms with Crippen molar-refractivity contribution in [2.75, 3.05) is 37.6 Å². The third-order valence-electron chi connectivity index (χ3n) is 7.80. The first-order valence-electron chi connectivity index (χ1n) is 11.7. The Kier molecular flexibility index (Phi) is 5.34. The Morgan fingerprint density at radius 1 is 0.900 bits per heavy atom. The monoisotopic (exact) mass is 410 g/mol. The first-order chi connectivity index (χ1) is 14.6. The number of carbonyl (C=O) groups is 2. The third-order valence-corrected chi connectivity index (χ3v) is 7.80.